The molecule has 2 aromatic heterocycles. The summed E-state index contributed by atoms with van der Waals surface area (Å²) in [6.07, 6.45) is 1.37. The van der Waals surface area contributed by atoms with E-state index in [0.29, 0.717) is 28.1 Å². The lowest BCUT2D eigenvalue weighted by Crippen LogP contribution is -2.01. The summed E-state index contributed by atoms with van der Waals surface area (Å²) in [5, 5.41) is 0.343. The highest BCUT2D eigenvalue weighted by molar-refractivity contribution is 7.17. The first-order valence-corrected chi connectivity index (χ1v) is 6.68. The van der Waals surface area contributed by atoms with E-state index in [1.807, 2.05) is 6.92 Å². The average molecular weight is 299 g/mol. The molecule has 0 aliphatic carbocycles. The van der Waals surface area contributed by atoms with Crippen molar-refractivity contribution in [1.29, 1.82) is 0 Å². The second-order valence-corrected chi connectivity index (χ2v) is 4.89. The monoisotopic (exact) mass is 298 g/mol. The number of thiophene rings is 1. The summed E-state index contributed by atoms with van der Waals surface area (Å²) in [4.78, 5) is 20.8. The van der Waals surface area contributed by atoms with Crippen LogP contribution in [0.4, 0.5) is 0 Å². The van der Waals surface area contributed by atoms with Gasteiger partial charge in [-0.15, -0.1) is 11.3 Å². The van der Waals surface area contributed by atoms with Gasteiger partial charge < -0.3 is 9.47 Å². The summed E-state index contributed by atoms with van der Waals surface area (Å²) in [6.45, 7) is 2.31. The number of rotatable bonds is 4. The molecule has 7 heteroatoms. The van der Waals surface area contributed by atoms with Crippen LogP contribution in [-0.2, 0) is 4.74 Å². The number of methoxy groups -OCH3 is 1. The van der Waals surface area contributed by atoms with Gasteiger partial charge in [0.15, 0.2) is 4.88 Å². The Bertz CT molecular complexity index is 600. The first-order chi connectivity index (χ1) is 9.15. The second kappa shape index (κ2) is 5.99. The molecule has 2 rings (SSSR count). The zero-order valence-corrected chi connectivity index (χ0v) is 11.9. The maximum atomic E-state index is 11.7. The summed E-state index contributed by atoms with van der Waals surface area (Å²) in [5.74, 6) is 0.0592. The van der Waals surface area contributed by atoms with Gasteiger partial charge in [0.25, 0.3) is 0 Å². The number of carbonyl (C=O) groups is 1. The molecule has 0 spiro atoms. The maximum Gasteiger partial charge on any atom is 0.351 e. The molecular weight excluding hydrogens is 288 g/mol. The van der Waals surface area contributed by atoms with Crippen LogP contribution < -0.4 is 4.74 Å². The minimum absolute atomic E-state index is 0.343. The number of hydrogen-bond donors (Lipinski definition) is 0. The van der Waals surface area contributed by atoms with Crippen molar-refractivity contribution in [2.45, 2.75) is 6.92 Å². The molecule has 100 valence electrons. The third kappa shape index (κ3) is 3.02. The number of halogens is 1. The first-order valence-electron chi connectivity index (χ1n) is 5.48. The highest BCUT2D eigenvalue weighted by Crippen LogP contribution is 2.36. The topological polar surface area (TPSA) is 61.3 Å². The first kappa shape index (κ1) is 13.8. The van der Waals surface area contributed by atoms with Gasteiger partial charge in [-0.2, -0.15) is 0 Å². The van der Waals surface area contributed by atoms with E-state index in [2.05, 4.69) is 9.97 Å². The Labute approximate surface area is 119 Å². The third-order valence-electron chi connectivity index (χ3n) is 2.25. The lowest BCUT2D eigenvalue weighted by Gasteiger charge is -2.01. The molecule has 0 amide bonds. The van der Waals surface area contributed by atoms with Crippen molar-refractivity contribution >= 4 is 28.9 Å². The zero-order chi connectivity index (χ0) is 13.8. The van der Waals surface area contributed by atoms with Crippen molar-refractivity contribution in [2.24, 2.45) is 0 Å². The fraction of sp³-hybridized carbons (Fsp3) is 0.250. The highest BCUT2D eigenvalue weighted by Gasteiger charge is 2.19. The van der Waals surface area contributed by atoms with Gasteiger partial charge in [-0.05, 0) is 6.92 Å². The fourth-order valence-corrected chi connectivity index (χ4v) is 2.60. The van der Waals surface area contributed by atoms with Gasteiger partial charge in [0.05, 0.1) is 24.3 Å². The standard InChI is InChI=1S/C12H11ClN2O3S/c1-3-18-8-5-9(19-11(8)12(16)17-2)7-4-10(13)15-6-14-7/h4-6H,3H2,1-2H3. The van der Waals surface area contributed by atoms with E-state index in [0.717, 1.165) is 4.88 Å². The van der Waals surface area contributed by atoms with E-state index in [1.54, 1.807) is 12.1 Å². The van der Waals surface area contributed by atoms with Crippen LogP contribution in [0.25, 0.3) is 10.6 Å². The van der Waals surface area contributed by atoms with Crippen LogP contribution in [-0.4, -0.2) is 29.7 Å². The third-order valence-corrected chi connectivity index (χ3v) is 3.58. The summed E-state index contributed by atoms with van der Waals surface area (Å²) >= 11 is 7.07. The summed E-state index contributed by atoms with van der Waals surface area (Å²) in [6, 6.07) is 3.38. The maximum absolute atomic E-state index is 11.7. The summed E-state index contributed by atoms with van der Waals surface area (Å²) < 4.78 is 10.2. The molecule has 0 aromatic carbocycles. The van der Waals surface area contributed by atoms with Crippen LogP contribution in [0.1, 0.15) is 16.6 Å². The van der Waals surface area contributed by atoms with Gasteiger partial charge in [0.1, 0.15) is 17.2 Å². The molecule has 2 heterocycles. The van der Waals surface area contributed by atoms with Crippen molar-refractivity contribution in [3.63, 3.8) is 0 Å². The molecular formula is C12H11ClN2O3S. The SMILES string of the molecule is CCOc1cc(-c2cc(Cl)ncn2)sc1C(=O)OC. The molecule has 0 atom stereocenters. The molecule has 0 radical (unpaired) electrons. The number of carbonyl (C=O) groups excluding carboxylic acids is 1. The van der Waals surface area contributed by atoms with E-state index in [4.69, 9.17) is 21.1 Å². The molecule has 2 aromatic rings. The van der Waals surface area contributed by atoms with Crippen molar-refractivity contribution in [3.05, 3.63) is 28.5 Å². The largest absolute Gasteiger partial charge is 0.492 e. The molecule has 0 saturated heterocycles. The highest BCUT2D eigenvalue weighted by atomic mass is 35.5. The predicted molar refractivity (Wildman–Crippen MR) is 72.9 cm³/mol. The quantitative estimate of drug-likeness (QED) is 0.641. The van der Waals surface area contributed by atoms with Crippen LogP contribution in [0, 0.1) is 0 Å². The number of ether oxygens (including phenoxy) is 2. The molecule has 0 fully saturated rings. The van der Waals surface area contributed by atoms with E-state index in [-0.39, 0.29) is 0 Å². The van der Waals surface area contributed by atoms with E-state index in [1.165, 1.54) is 24.8 Å². The predicted octanol–water partition coefficient (Wildman–Crippen LogP) is 3.04. The number of aromatic nitrogens is 2. The fourth-order valence-electron chi connectivity index (χ4n) is 1.47. The molecule has 0 saturated carbocycles. The molecule has 0 aliphatic heterocycles. The van der Waals surface area contributed by atoms with Crippen molar-refractivity contribution in [1.82, 2.24) is 9.97 Å². The van der Waals surface area contributed by atoms with Crippen LogP contribution in [0.2, 0.25) is 5.15 Å². The van der Waals surface area contributed by atoms with Gasteiger partial charge in [0.2, 0.25) is 0 Å². The van der Waals surface area contributed by atoms with Crippen LogP contribution >= 0.6 is 22.9 Å². The van der Waals surface area contributed by atoms with Crippen LogP contribution in [0.3, 0.4) is 0 Å². The normalized spacial score (nSPS) is 10.3. The Hall–Kier alpha value is -1.66. The lowest BCUT2D eigenvalue weighted by atomic mass is 10.3. The Morgan fingerprint density at radius 1 is 1.42 bits per heavy atom. The van der Waals surface area contributed by atoms with Crippen molar-refractivity contribution in [3.8, 4) is 16.3 Å². The van der Waals surface area contributed by atoms with Gasteiger partial charge in [-0.25, -0.2) is 14.8 Å². The molecule has 5 nitrogen and oxygen atoms in total. The number of nitrogens with zero attached hydrogens (tertiary/aromatic N) is 2. The van der Waals surface area contributed by atoms with Crippen LogP contribution in [0.15, 0.2) is 18.5 Å². The van der Waals surface area contributed by atoms with Gasteiger partial charge in [0, 0.05) is 12.1 Å². The van der Waals surface area contributed by atoms with Gasteiger partial charge in [-0.3, -0.25) is 0 Å². The Morgan fingerprint density at radius 3 is 2.84 bits per heavy atom. The molecule has 0 unspecified atom stereocenters. The smallest absolute Gasteiger partial charge is 0.351 e. The number of esters is 1. The molecule has 0 aliphatic rings. The van der Waals surface area contributed by atoms with E-state index < -0.39 is 5.97 Å². The van der Waals surface area contributed by atoms with E-state index in [9.17, 15) is 4.79 Å². The summed E-state index contributed by atoms with van der Waals surface area (Å²) in [5.41, 5.74) is 0.640. The Balaban J connectivity index is 2.45. The van der Waals surface area contributed by atoms with Crippen LogP contribution in [0.5, 0.6) is 5.75 Å². The van der Waals surface area contributed by atoms with Crippen molar-refractivity contribution < 1.29 is 14.3 Å². The molecule has 0 bridgehead atoms. The lowest BCUT2D eigenvalue weighted by molar-refractivity contribution is 0.0602. The molecule has 19 heavy (non-hydrogen) atoms. The summed E-state index contributed by atoms with van der Waals surface area (Å²) in [7, 11) is 1.33. The average Bonchev–Trinajstić information content (AvgIpc) is 2.82. The van der Waals surface area contributed by atoms with Gasteiger partial charge >= 0.3 is 5.97 Å². The zero-order valence-electron chi connectivity index (χ0n) is 10.3. The number of hydrogen-bond acceptors (Lipinski definition) is 6. The Morgan fingerprint density at radius 2 is 2.21 bits per heavy atom. The van der Waals surface area contributed by atoms with Crippen molar-refractivity contribution in [2.75, 3.05) is 13.7 Å². The van der Waals surface area contributed by atoms with E-state index >= 15 is 0 Å². The Kier molecular flexibility index (Phi) is 4.34. The minimum atomic E-state index is -0.431. The minimum Gasteiger partial charge on any atom is -0.492 e. The molecule has 0 N–H and O–H groups in total. The second-order valence-electron chi connectivity index (χ2n) is 3.45. The van der Waals surface area contributed by atoms with Gasteiger partial charge in [-0.1, -0.05) is 11.6 Å².